The van der Waals surface area contributed by atoms with E-state index in [9.17, 15) is 4.79 Å². The number of aromatic nitrogens is 4. The standard InChI is InChI=1S/C21H17Cl2N5O/c1-13-3-2-4-14(9-13)12-28-8-7-20(27-28)24-21(29)19-11-18(25-26-19)16-6-5-15(22)10-17(16)23/h2-11H,12H2,1H3,(H,25,26)(H,24,27,29). The first-order valence-corrected chi connectivity index (χ1v) is 9.65. The minimum absolute atomic E-state index is 0.305. The van der Waals surface area contributed by atoms with Gasteiger partial charge in [0.2, 0.25) is 0 Å². The normalized spacial score (nSPS) is 10.9. The first-order valence-electron chi connectivity index (χ1n) is 8.89. The third-order valence-corrected chi connectivity index (χ3v) is 4.89. The lowest BCUT2D eigenvalue weighted by Crippen LogP contribution is -2.13. The summed E-state index contributed by atoms with van der Waals surface area (Å²) in [6, 6.07) is 16.7. The predicted octanol–water partition coefficient (Wildman–Crippen LogP) is 5.19. The summed E-state index contributed by atoms with van der Waals surface area (Å²) in [4.78, 5) is 12.5. The van der Waals surface area contributed by atoms with Crippen molar-refractivity contribution >= 4 is 34.9 Å². The van der Waals surface area contributed by atoms with Gasteiger partial charge in [-0.2, -0.15) is 10.2 Å². The molecule has 0 aliphatic carbocycles. The molecule has 0 saturated carbocycles. The molecule has 2 heterocycles. The minimum atomic E-state index is -0.338. The van der Waals surface area contributed by atoms with Crippen molar-refractivity contribution in [1.29, 1.82) is 0 Å². The Morgan fingerprint density at radius 1 is 1.14 bits per heavy atom. The fourth-order valence-corrected chi connectivity index (χ4v) is 3.48. The van der Waals surface area contributed by atoms with Crippen molar-refractivity contribution in [1.82, 2.24) is 20.0 Å². The first kappa shape index (κ1) is 19.2. The second-order valence-corrected chi connectivity index (χ2v) is 7.48. The maximum Gasteiger partial charge on any atom is 0.274 e. The van der Waals surface area contributed by atoms with Crippen LogP contribution in [0.3, 0.4) is 0 Å². The lowest BCUT2D eigenvalue weighted by atomic mass is 10.1. The average molecular weight is 426 g/mol. The van der Waals surface area contributed by atoms with Crippen molar-refractivity contribution in [2.75, 3.05) is 5.32 Å². The number of nitrogens with one attached hydrogen (secondary N) is 2. The van der Waals surface area contributed by atoms with Crippen molar-refractivity contribution in [3.05, 3.63) is 87.7 Å². The second-order valence-electron chi connectivity index (χ2n) is 6.63. The van der Waals surface area contributed by atoms with Gasteiger partial charge < -0.3 is 5.32 Å². The highest BCUT2D eigenvalue weighted by Crippen LogP contribution is 2.29. The van der Waals surface area contributed by atoms with Gasteiger partial charge in [0.25, 0.3) is 5.91 Å². The van der Waals surface area contributed by atoms with E-state index in [0.717, 1.165) is 5.56 Å². The van der Waals surface area contributed by atoms with Crippen LogP contribution in [0.4, 0.5) is 5.82 Å². The van der Waals surface area contributed by atoms with Gasteiger partial charge >= 0.3 is 0 Å². The molecule has 0 aliphatic rings. The van der Waals surface area contributed by atoms with E-state index in [1.807, 2.05) is 31.3 Å². The van der Waals surface area contributed by atoms with E-state index >= 15 is 0 Å². The molecule has 0 unspecified atom stereocenters. The number of carbonyl (C=O) groups is 1. The van der Waals surface area contributed by atoms with Crippen LogP contribution in [0, 0.1) is 6.92 Å². The van der Waals surface area contributed by atoms with Gasteiger partial charge in [-0.05, 0) is 36.8 Å². The molecular weight excluding hydrogens is 409 g/mol. The molecule has 0 spiro atoms. The summed E-state index contributed by atoms with van der Waals surface area (Å²) in [7, 11) is 0. The number of H-pyrrole nitrogens is 1. The monoisotopic (exact) mass is 425 g/mol. The van der Waals surface area contributed by atoms with Crippen LogP contribution < -0.4 is 5.32 Å². The molecule has 0 aliphatic heterocycles. The number of nitrogens with zero attached hydrogens (tertiary/aromatic N) is 3. The van der Waals surface area contributed by atoms with Gasteiger partial charge in [-0.25, -0.2) is 0 Å². The maximum atomic E-state index is 12.5. The van der Waals surface area contributed by atoms with E-state index in [2.05, 4.69) is 26.7 Å². The molecule has 8 heteroatoms. The zero-order valence-electron chi connectivity index (χ0n) is 15.5. The molecule has 2 aromatic carbocycles. The zero-order chi connectivity index (χ0) is 20.4. The second kappa shape index (κ2) is 8.11. The van der Waals surface area contributed by atoms with Crippen molar-refractivity contribution in [3.63, 3.8) is 0 Å². The summed E-state index contributed by atoms with van der Waals surface area (Å²) >= 11 is 12.1. The molecule has 29 heavy (non-hydrogen) atoms. The molecule has 4 rings (SSSR count). The molecule has 0 saturated heterocycles. The number of carbonyl (C=O) groups excluding carboxylic acids is 1. The number of halogens is 2. The third kappa shape index (κ3) is 4.50. The summed E-state index contributed by atoms with van der Waals surface area (Å²) in [6.07, 6.45) is 1.82. The Labute approximate surface area is 177 Å². The summed E-state index contributed by atoms with van der Waals surface area (Å²) in [6.45, 7) is 2.68. The Morgan fingerprint density at radius 2 is 2.00 bits per heavy atom. The quantitative estimate of drug-likeness (QED) is 0.461. The van der Waals surface area contributed by atoms with Crippen LogP contribution in [0.2, 0.25) is 10.0 Å². The number of hydrogen-bond donors (Lipinski definition) is 2. The van der Waals surface area contributed by atoms with Crippen LogP contribution in [-0.4, -0.2) is 25.9 Å². The fraction of sp³-hybridized carbons (Fsp3) is 0.0952. The molecule has 0 fully saturated rings. The lowest BCUT2D eigenvalue weighted by molar-refractivity contribution is 0.102. The molecular formula is C21H17Cl2N5O. The number of aryl methyl sites for hydroxylation is 1. The number of rotatable bonds is 5. The predicted molar refractivity (Wildman–Crippen MR) is 115 cm³/mol. The smallest absolute Gasteiger partial charge is 0.274 e. The SMILES string of the molecule is Cc1cccc(Cn2ccc(NC(=O)c3cc(-c4ccc(Cl)cc4Cl)n[nH]3)n2)c1. The van der Waals surface area contributed by atoms with Crippen LogP contribution in [0.1, 0.15) is 21.6 Å². The average Bonchev–Trinajstić information content (AvgIpc) is 3.32. The van der Waals surface area contributed by atoms with Gasteiger partial charge in [-0.3, -0.25) is 14.6 Å². The highest BCUT2D eigenvalue weighted by molar-refractivity contribution is 6.36. The van der Waals surface area contributed by atoms with Gasteiger partial charge in [0.1, 0.15) is 5.69 Å². The van der Waals surface area contributed by atoms with Gasteiger partial charge in [0.15, 0.2) is 5.82 Å². The molecule has 0 bridgehead atoms. The molecule has 2 N–H and O–H groups in total. The third-order valence-electron chi connectivity index (χ3n) is 4.34. The Hall–Kier alpha value is -3.09. The number of amides is 1. The Morgan fingerprint density at radius 3 is 2.79 bits per heavy atom. The van der Waals surface area contributed by atoms with E-state index in [-0.39, 0.29) is 5.91 Å². The number of anilines is 1. The summed E-state index contributed by atoms with van der Waals surface area (Å²) in [5.41, 5.74) is 3.89. The topological polar surface area (TPSA) is 75.6 Å². The summed E-state index contributed by atoms with van der Waals surface area (Å²) in [5, 5.41) is 15.1. The Kier molecular flexibility index (Phi) is 5.38. The van der Waals surface area contributed by atoms with Crippen LogP contribution in [0.15, 0.2) is 60.8 Å². The van der Waals surface area contributed by atoms with E-state index in [0.29, 0.717) is 39.4 Å². The van der Waals surface area contributed by atoms with E-state index < -0.39 is 0 Å². The highest BCUT2D eigenvalue weighted by atomic mass is 35.5. The van der Waals surface area contributed by atoms with Gasteiger partial charge in [0.05, 0.1) is 17.3 Å². The fourth-order valence-electron chi connectivity index (χ4n) is 2.97. The Bertz CT molecular complexity index is 1180. The lowest BCUT2D eigenvalue weighted by Gasteiger charge is -2.03. The van der Waals surface area contributed by atoms with Gasteiger partial charge in [0, 0.05) is 22.8 Å². The minimum Gasteiger partial charge on any atom is -0.304 e. The first-order chi connectivity index (χ1) is 14.0. The zero-order valence-corrected chi connectivity index (χ0v) is 17.0. The van der Waals surface area contributed by atoms with Crippen LogP contribution in [0.25, 0.3) is 11.3 Å². The number of aromatic amines is 1. The molecule has 4 aromatic rings. The molecule has 1 amide bonds. The summed E-state index contributed by atoms with van der Waals surface area (Å²) in [5.74, 6) is 0.123. The van der Waals surface area contributed by atoms with Crippen LogP contribution in [-0.2, 0) is 6.54 Å². The number of benzene rings is 2. The Balaban J connectivity index is 1.45. The molecule has 0 atom stereocenters. The van der Waals surface area contributed by atoms with E-state index in [4.69, 9.17) is 23.2 Å². The van der Waals surface area contributed by atoms with Gasteiger partial charge in [-0.15, -0.1) is 0 Å². The van der Waals surface area contributed by atoms with Crippen molar-refractivity contribution in [2.24, 2.45) is 0 Å². The van der Waals surface area contributed by atoms with E-state index in [1.54, 1.807) is 35.0 Å². The van der Waals surface area contributed by atoms with Crippen molar-refractivity contribution in [3.8, 4) is 11.3 Å². The number of hydrogen-bond acceptors (Lipinski definition) is 3. The van der Waals surface area contributed by atoms with Crippen molar-refractivity contribution < 1.29 is 4.79 Å². The van der Waals surface area contributed by atoms with Gasteiger partial charge in [-0.1, -0.05) is 53.0 Å². The molecule has 0 radical (unpaired) electrons. The molecule has 2 aromatic heterocycles. The van der Waals surface area contributed by atoms with Crippen molar-refractivity contribution in [2.45, 2.75) is 13.5 Å². The molecule has 6 nitrogen and oxygen atoms in total. The highest BCUT2D eigenvalue weighted by Gasteiger charge is 2.14. The summed E-state index contributed by atoms with van der Waals surface area (Å²) < 4.78 is 1.77. The maximum absolute atomic E-state index is 12.5. The largest absolute Gasteiger partial charge is 0.304 e. The molecule has 146 valence electrons. The van der Waals surface area contributed by atoms with Crippen LogP contribution in [0.5, 0.6) is 0 Å². The van der Waals surface area contributed by atoms with E-state index in [1.165, 1.54) is 5.56 Å². The van der Waals surface area contributed by atoms with Crippen LogP contribution >= 0.6 is 23.2 Å².